The third kappa shape index (κ3) is 4.76. The number of carbonyl (C=O) groups is 1. The van der Waals surface area contributed by atoms with E-state index in [1.54, 1.807) is 20.8 Å². The minimum absolute atomic E-state index is 0.00194. The van der Waals surface area contributed by atoms with E-state index in [9.17, 15) is 13.2 Å². The molecule has 0 fully saturated rings. The highest BCUT2D eigenvalue weighted by molar-refractivity contribution is 7.92. The molecule has 17 heavy (non-hydrogen) atoms. The fourth-order valence-corrected chi connectivity index (χ4v) is 2.26. The van der Waals surface area contributed by atoms with Gasteiger partial charge in [-0.1, -0.05) is 20.8 Å². The molecule has 0 aliphatic heterocycles. The second-order valence-electron chi connectivity index (χ2n) is 6.49. The molecule has 0 saturated heterocycles. The van der Waals surface area contributed by atoms with Gasteiger partial charge in [-0.05, 0) is 26.2 Å². The Kier molecular flexibility index (Phi) is 4.94. The van der Waals surface area contributed by atoms with Gasteiger partial charge in [0.25, 0.3) is 0 Å². The molecule has 0 spiro atoms. The van der Waals surface area contributed by atoms with Gasteiger partial charge >= 0.3 is 0 Å². The number of ketones is 1. The van der Waals surface area contributed by atoms with Crippen molar-refractivity contribution in [2.75, 3.05) is 5.75 Å². The summed E-state index contributed by atoms with van der Waals surface area (Å²) in [5.41, 5.74) is 5.46. The lowest BCUT2D eigenvalue weighted by Gasteiger charge is -2.26. The zero-order valence-electron chi connectivity index (χ0n) is 11.7. The summed E-state index contributed by atoms with van der Waals surface area (Å²) >= 11 is 0. The first kappa shape index (κ1) is 16.6. The standard InChI is InChI=1S/C12H25NO3S/c1-11(2,3)10(13)9(14)7-8-17(15,16)12(4,5)6/h10H,7-8,13H2,1-6H3. The highest BCUT2D eigenvalue weighted by atomic mass is 32.2. The second-order valence-corrected chi connectivity index (χ2v) is 9.35. The Morgan fingerprint density at radius 3 is 1.82 bits per heavy atom. The predicted octanol–water partition coefficient (Wildman–Crippen LogP) is 1.53. The molecule has 1 unspecified atom stereocenters. The quantitative estimate of drug-likeness (QED) is 0.834. The van der Waals surface area contributed by atoms with Crippen LogP contribution < -0.4 is 5.73 Å². The van der Waals surface area contributed by atoms with E-state index in [0.717, 1.165) is 0 Å². The van der Waals surface area contributed by atoms with Crippen molar-refractivity contribution >= 4 is 15.6 Å². The average molecular weight is 263 g/mol. The van der Waals surface area contributed by atoms with E-state index < -0.39 is 20.6 Å². The predicted molar refractivity (Wildman–Crippen MR) is 70.6 cm³/mol. The third-order valence-electron chi connectivity index (χ3n) is 2.83. The lowest BCUT2D eigenvalue weighted by molar-refractivity contribution is -0.122. The Morgan fingerprint density at radius 2 is 1.53 bits per heavy atom. The minimum Gasteiger partial charge on any atom is -0.321 e. The molecular weight excluding hydrogens is 238 g/mol. The minimum atomic E-state index is -3.25. The van der Waals surface area contributed by atoms with Crippen LogP contribution in [0.1, 0.15) is 48.0 Å². The van der Waals surface area contributed by atoms with Crippen LogP contribution in [0.2, 0.25) is 0 Å². The molecule has 102 valence electrons. The maximum Gasteiger partial charge on any atom is 0.155 e. The summed E-state index contributed by atoms with van der Waals surface area (Å²) in [6.45, 7) is 10.5. The molecule has 0 aromatic heterocycles. The number of carbonyl (C=O) groups excluding carboxylic acids is 1. The second kappa shape index (κ2) is 5.06. The normalized spacial score (nSPS) is 15.7. The largest absolute Gasteiger partial charge is 0.321 e. The van der Waals surface area contributed by atoms with E-state index in [2.05, 4.69) is 0 Å². The van der Waals surface area contributed by atoms with E-state index in [-0.39, 0.29) is 23.4 Å². The van der Waals surface area contributed by atoms with Crippen molar-refractivity contribution in [3.05, 3.63) is 0 Å². The SMILES string of the molecule is CC(C)(C)C(N)C(=O)CCS(=O)(=O)C(C)(C)C. The topological polar surface area (TPSA) is 77.2 Å². The molecule has 0 saturated carbocycles. The molecule has 0 heterocycles. The Morgan fingerprint density at radius 1 is 1.12 bits per heavy atom. The van der Waals surface area contributed by atoms with Crippen molar-refractivity contribution in [3.63, 3.8) is 0 Å². The number of sulfone groups is 1. The molecule has 0 aliphatic rings. The van der Waals surface area contributed by atoms with Gasteiger partial charge in [0.2, 0.25) is 0 Å². The van der Waals surface area contributed by atoms with Crippen molar-refractivity contribution in [2.24, 2.45) is 11.1 Å². The van der Waals surface area contributed by atoms with Gasteiger partial charge in [-0.3, -0.25) is 4.79 Å². The van der Waals surface area contributed by atoms with Gasteiger partial charge in [0.15, 0.2) is 15.6 Å². The van der Waals surface area contributed by atoms with Crippen molar-refractivity contribution in [1.82, 2.24) is 0 Å². The van der Waals surface area contributed by atoms with Gasteiger partial charge in [0.1, 0.15) is 0 Å². The number of nitrogens with two attached hydrogens (primary N) is 1. The summed E-state index contributed by atoms with van der Waals surface area (Å²) in [6, 6.07) is -0.613. The van der Waals surface area contributed by atoms with Crippen LogP contribution in [0.3, 0.4) is 0 Å². The van der Waals surface area contributed by atoms with Gasteiger partial charge in [-0.15, -0.1) is 0 Å². The number of hydrogen-bond acceptors (Lipinski definition) is 4. The van der Waals surface area contributed by atoms with Gasteiger partial charge < -0.3 is 5.73 Å². The zero-order chi connectivity index (χ0) is 14.1. The fourth-order valence-electron chi connectivity index (χ4n) is 1.18. The molecule has 2 N–H and O–H groups in total. The first-order valence-electron chi connectivity index (χ1n) is 5.79. The van der Waals surface area contributed by atoms with Crippen LogP contribution in [-0.4, -0.2) is 30.7 Å². The van der Waals surface area contributed by atoms with Gasteiger partial charge in [-0.2, -0.15) is 0 Å². The highest BCUT2D eigenvalue weighted by Gasteiger charge is 2.32. The smallest absolute Gasteiger partial charge is 0.155 e. The maximum absolute atomic E-state index is 11.8. The molecule has 0 bridgehead atoms. The van der Waals surface area contributed by atoms with Crippen LogP contribution in [0.25, 0.3) is 0 Å². The first-order valence-corrected chi connectivity index (χ1v) is 7.45. The highest BCUT2D eigenvalue weighted by Crippen LogP contribution is 2.21. The van der Waals surface area contributed by atoms with E-state index in [4.69, 9.17) is 5.73 Å². The summed E-state index contributed by atoms with van der Waals surface area (Å²) in [4.78, 5) is 11.8. The van der Waals surface area contributed by atoms with E-state index in [0.29, 0.717) is 0 Å². The fraction of sp³-hybridized carbons (Fsp3) is 0.917. The molecule has 1 atom stereocenters. The van der Waals surface area contributed by atoms with Gasteiger partial charge in [0.05, 0.1) is 16.5 Å². The zero-order valence-corrected chi connectivity index (χ0v) is 12.5. The van der Waals surface area contributed by atoms with Crippen molar-refractivity contribution in [3.8, 4) is 0 Å². The number of rotatable bonds is 4. The molecule has 4 nitrogen and oxygen atoms in total. The molecule has 0 aromatic rings. The Hall–Kier alpha value is -0.420. The van der Waals surface area contributed by atoms with E-state index in [1.807, 2.05) is 20.8 Å². The Balaban J connectivity index is 4.58. The summed E-state index contributed by atoms with van der Waals surface area (Å²) < 4.78 is 22.9. The first-order chi connectivity index (χ1) is 7.29. The van der Waals surface area contributed by atoms with Crippen LogP contribution in [-0.2, 0) is 14.6 Å². The van der Waals surface area contributed by atoms with Crippen molar-refractivity contribution in [2.45, 2.75) is 58.8 Å². The number of Topliss-reactive ketones (excluding diaryl/α,β-unsaturated/α-hetero) is 1. The van der Waals surface area contributed by atoms with Crippen LogP contribution in [0.4, 0.5) is 0 Å². The van der Waals surface area contributed by atoms with Crippen LogP contribution in [0.5, 0.6) is 0 Å². The molecule has 0 aliphatic carbocycles. The third-order valence-corrected chi connectivity index (χ3v) is 5.44. The van der Waals surface area contributed by atoms with Crippen molar-refractivity contribution < 1.29 is 13.2 Å². The van der Waals surface area contributed by atoms with Crippen LogP contribution >= 0.6 is 0 Å². The molecule has 0 aromatic carbocycles. The lowest BCUT2D eigenvalue weighted by Crippen LogP contribution is -2.43. The average Bonchev–Trinajstić information content (AvgIpc) is 2.09. The van der Waals surface area contributed by atoms with Crippen LogP contribution in [0, 0.1) is 5.41 Å². The number of hydrogen-bond donors (Lipinski definition) is 1. The lowest BCUT2D eigenvalue weighted by atomic mass is 9.84. The summed E-state index contributed by atoms with van der Waals surface area (Å²) in [6.07, 6.45) is -0.00194. The van der Waals surface area contributed by atoms with Crippen molar-refractivity contribution in [1.29, 1.82) is 0 Å². The van der Waals surface area contributed by atoms with E-state index in [1.165, 1.54) is 0 Å². The molecule has 5 heteroatoms. The molecule has 0 amide bonds. The summed E-state index contributed by atoms with van der Waals surface area (Å²) in [5, 5.41) is 0. The van der Waals surface area contributed by atoms with Gasteiger partial charge in [0, 0.05) is 6.42 Å². The van der Waals surface area contributed by atoms with E-state index >= 15 is 0 Å². The Labute approximate surface area is 105 Å². The Bertz CT molecular complexity index is 372. The summed E-state index contributed by atoms with van der Waals surface area (Å²) in [7, 11) is -3.25. The molecule has 0 rings (SSSR count). The van der Waals surface area contributed by atoms with Gasteiger partial charge in [-0.25, -0.2) is 8.42 Å². The monoisotopic (exact) mass is 263 g/mol. The van der Waals surface area contributed by atoms with Crippen LogP contribution in [0.15, 0.2) is 0 Å². The molecular formula is C12H25NO3S. The summed E-state index contributed by atoms with van der Waals surface area (Å²) in [5.74, 6) is -0.315. The maximum atomic E-state index is 11.8. The molecule has 0 radical (unpaired) electrons.